The van der Waals surface area contributed by atoms with E-state index in [0.717, 1.165) is 28.8 Å². The predicted octanol–water partition coefficient (Wildman–Crippen LogP) is 8.71. The molecule has 5 rings (SSSR count). The van der Waals surface area contributed by atoms with Gasteiger partial charge in [0.25, 0.3) is 0 Å². The average molecular weight is 570 g/mol. The maximum Gasteiger partial charge on any atom is 0.416 e. The molecule has 1 aliphatic carbocycles. The summed E-state index contributed by atoms with van der Waals surface area (Å²) in [5, 5.41) is 12.1. The van der Waals surface area contributed by atoms with Crippen molar-refractivity contribution in [3.8, 4) is 22.5 Å². The highest BCUT2D eigenvalue weighted by Gasteiger charge is 2.51. The average Bonchev–Trinajstić information content (AvgIpc) is 3.68. The standard InChI is InChI=1S/C30H23ClF3NO5/c1-17(21-3-2-4-23(15-21)30(32,33)34)40-28(38)35-25-24(31)16-39-26(25)20-7-5-18(6-8-20)19-9-11-22(12-10-19)29(13-14-29)27(36)37/h2-12,15-17H,13-14H2,1H3,(H,35,38)(H,36,37)/t17-/m1/s1. The molecule has 0 radical (unpaired) electrons. The van der Waals surface area contributed by atoms with Gasteiger partial charge in [0.2, 0.25) is 0 Å². The van der Waals surface area contributed by atoms with E-state index in [2.05, 4.69) is 5.32 Å². The molecule has 1 aromatic heterocycles. The second-order valence-electron chi connectivity index (χ2n) is 9.63. The van der Waals surface area contributed by atoms with Gasteiger partial charge < -0.3 is 14.3 Å². The molecule has 1 fully saturated rings. The zero-order valence-corrected chi connectivity index (χ0v) is 21.8. The lowest BCUT2D eigenvalue weighted by Gasteiger charge is -2.16. The quantitative estimate of drug-likeness (QED) is 0.232. The lowest BCUT2D eigenvalue weighted by molar-refractivity contribution is -0.140. The van der Waals surface area contributed by atoms with Crippen LogP contribution in [0.3, 0.4) is 0 Å². The van der Waals surface area contributed by atoms with Crippen LogP contribution < -0.4 is 5.32 Å². The summed E-state index contributed by atoms with van der Waals surface area (Å²) in [5.74, 6) is -0.534. The summed E-state index contributed by atoms with van der Waals surface area (Å²) >= 11 is 6.24. The number of halogens is 4. The van der Waals surface area contributed by atoms with E-state index in [1.165, 1.54) is 25.3 Å². The number of carbonyl (C=O) groups is 2. The van der Waals surface area contributed by atoms with Crippen molar-refractivity contribution in [3.05, 3.63) is 101 Å². The van der Waals surface area contributed by atoms with Crippen molar-refractivity contribution >= 4 is 29.4 Å². The van der Waals surface area contributed by atoms with Gasteiger partial charge in [-0.25, -0.2) is 4.79 Å². The molecule has 40 heavy (non-hydrogen) atoms. The second-order valence-corrected chi connectivity index (χ2v) is 10.0. The minimum atomic E-state index is -4.52. The van der Waals surface area contributed by atoms with Crippen LogP contribution >= 0.6 is 11.6 Å². The van der Waals surface area contributed by atoms with Gasteiger partial charge in [-0.05, 0) is 54.2 Å². The lowest BCUT2D eigenvalue weighted by atomic mass is 9.93. The third kappa shape index (κ3) is 5.42. The van der Waals surface area contributed by atoms with Crippen LogP contribution in [0.15, 0.2) is 83.5 Å². The molecule has 1 heterocycles. The van der Waals surface area contributed by atoms with E-state index in [1.807, 2.05) is 36.4 Å². The molecule has 0 unspecified atom stereocenters. The highest BCUT2D eigenvalue weighted by atomic mass is 35.5. The van der Waals surface area contributed by atoms with E-state index >= 15 is 0 Å². The number of ether oxygens (including phenoxy) is 1. The molecular formula is C30H23ClF3NO5. The van der Waals surface area contributed by atoms with Crippen molar-refractivity contribution in [2.24, 2.45) is 0 Å². The first-order valence-corrected chi connectivity index (χ1v) is 12.7. The predicted molar refractivity (Wildman–Crippen MR) is 143 cm³/mol. The van der Waals surface area contributed by atoms with Gasteiger partial charge in [0.1, 0.15) is 23.1 Å². The first-order valence-electron chi connectivity index (χ1n) is 12.3. The Morgan fingerprint density at radius 1 is 1.00 bits per heavy atom. The SMILES string of the molecule is C[C@@H](OC(=O)Nc1c(Cl)coc1-c1ccc(-c2ccc(C3(C(=O)O)CC3)cc2)cc1)c1cccc(C(F)(F)F)c1. The van der Waals surface area contributed by atoms with Crippen molar-refractivity contribution in [3.63, 3.8) is 0 Å². The molecule has 1 aliphatic rings. The normalized spacial score (nSPS) is 14.8. The molecule has 0 aliphatic heterocycles. The smallest absolute Gasteiger partial charge is 0.416 e. The van der Waals surface area contributed by atoms with E-state index < -0.39 is 35.3 Å². The van der Waals surface area contributed by atoms with Gasteiger partial charge in [-0.15, -0.1) is 0 Å². The second kappa shape index (κ2) is 10.4. The first-order chi connectivity index (χ1) is 19.0. The number of carboxylic acids is 1. The highest BCUT2D eigenvalue weighted by molar-refractivity contribution is 6.34. The van der Waals surface area contributed by atoms with Crippen LogP contribution in [-0.4, -0.2) is 17.2 Å². The summed E-state index contributed by atoms with van der Waals surface area (Å²) < 4.78 is 50.0. The van der Waals surface area contributed by atoms with Gasteiger partial charge in [0, 0.05) is 5.56 Å². The van der Waals surface area contributed by atoms with Gasteiger partial charge in [0.15, 0.2) is 5.76 Å². The number of alkyl halides is 3. The van der Waals surface area contributed by atoms with E-state index in [0.29, 0.717) is 18.4 Å². The van der Waals surface area contributed by atoms with Crippen LogP contribution in [0.2, 0.25) is 5.02 Å². The van der Waals surface area contributed by atoms with E-state index in [9.17, 15) is 27.9 Å². The number of carboxylic acid groups (broad SMARTS) is 1. The molecule has 6 nitrogen and oxygen atoms in total. The zero-order valence-electron chi connectivity index (χ0n) is 21.1. The molecule has 0 spiro atoms. The number of hydrogen-bond donors (Lipinski definition) is 2. The van der Waals surface area contributed by atoms with Crippen molar-refractivity contribution in [2.45, 2.75) is 37.5 Å². The molecule has 3 aromatic carbocycles. The summed E-state index contributed by atoms with van der Waals surface area (Å²) in [4.78, 5) is 24.2. The van der Waals surface area contributed by atoms with Gasteiger partial charge in [-0.1, -0.05) is 72.3 Å². The summed E-state index contributed by atoms with van der Waals surface area (Å²) in [7, 11) is 0. The lowest BCUT2D eigenvalue weighted by Crippen LogP contribution is -2.19. The first kappa shape index (κ1) is 27.3. The number of amides is 1. The zero-order chi connectivity index (χ0) is 28.7. The molecule has 4 aromatic rings. The van der Waals surface area contributed by atoms with Crippen molar-refractivity contribution in [2.75, 3.05) is 5.32 Å². The number of carbonyl (C=O) groups excluding carboxylic acids is 1. The van der Waals surface area contributed by atoms with Crippen LogP contribution in [0.5, 0.6) is 0 Å². The Hall–Kier alpha value is -4.24. The van der Waals surface area contributed by atoms with Crippen molar-refractivity contribution < 1.29 is 37.0 Å². The number of anilines is 1. The molecule has 10 heteroatoms. The van der Waals surface area contributed by atoms with Gasteiger partial charge in [-0.2, -0.15) is 13.2 Å². The molecule has 1 amide bonds. The van der Waals surface area contributed by atoms with Crippen molar-refractivity contribution in [1.82, 2.24) is 0 Å². The number of aliphatic carboxylic acids is 1. The fourth-order valence-electron chi connectivity index (χ4n) is 4.54. The molecule has 1 saturated carbocycles. The topological polar surface area (TPSA) is 88.8 Å². The number of rotatable bonds is 7. The highest BCUT2D eigenvalue weighted by Crippen LogP contribution is 2.48. The molecule has 206 valence electrons. The Morgan fingerprint density at radius 2 is 1.60 bits per heavy atom. The summed E-state index contributed by atoms with van der Waals surface area (Å²) in [6, 6.07) is 19.3. The maximum absolute atomic E-state index is 13.0. The summed E-state index contributed by atoms with van der Waals surface area (Å²) in [6.07, 6.45) is -3.87. The molecule has 0 bridgehead atoms. The van der Waals surface area contributed by atoms with E-state index in [4.69, 9.17) is 20.8 Å². The molecule has 2 N–H and O–H groups in total. The number of furan rings is 1. The fourth-order valence-corrected chi connectivity index (χ4v) is 4.72. The Kier molecular flexibility index (Phi) is 7.10. The number of hydrogen-bond acceptors (Lipinski definition) is 4. The minimum Gasteiger partial charge on any atom is -0.481 e. The van der Waals surface area contributed by atoms with Crippen LogP contribution in [0.25, 0.3) is 22.5 Å². The Labute approximate surface area is 232 Å². The van der Waals surface area contributed by atoms with E-state index in [-0.39, 0.29) is 22.0 Å². The van der Waals surface area contributed by atoms with Crippen molar-refractivity contribution in [1.29, 1.82) is 0 Å². The Bertz CT molecular complexity index is 1560. The molecular weight excluding hydrogens is 547 g/mol. The fraction of sp³-hybridized carbons (Fsp3) is 0.200. The Morgan fingerprint density at radius 3 is 2.17 bits per heavy atom. The minimum absolute atomic E-state index is 0.116. The van der Waals surface area contributed by atoms with Crippen LogP contribution in [0.4, 0.5) is 23.7 Å². The summed E-state index contributed by atoms with van der Waals surface area (Å²) in [6.45, 7) is 1.46. The van der Waals surface area contributed by atoms with Gasteiger partial charge in [-0.3, -0.25) is 10.1 Å². The van der Waals surface area contributed by atoms with Gasteiger partial charge >= 0.3 is 18.2 Å². The monoisotopic (exact) mass is 569 g/mol. The molecule has 0 saturated heterocycles. The third-order valence-electron chi connectivity index (χ3n) is 7.02. The maximum atomic E-state index is 13.0. The number of nitrogens with one attached hydrogen (secondary N) is 1. The Balaban J connectivity index is 1.29. The largest absolute Gasteiger partial charge is 0.481 e. The third-order valence-corrected chi connectivity index (χ3v) is 7.30. The molecule has 1 atom stereocenters. The van der Waals surface area contributed by atoms with Crippen LogP contribution in [0, 0.1) is 0 Å². The van der Waals surface area contributed by atoms with Gasteiger partial charge in [0.05, 0.1) is 11.0 Å². The summed E-state index contributed by atoms with van der Waals surface area (Å²) in [5.41, 5.74) is 1.91. The van der Waals surface area contributed by atoms with E-state index in [1.54, 1.807) is 12.1 Å². The number of benzene rings is 3. The van der Waals surface area contributed by atoms with Crippen LogP contribution in [0.1, 0.15) is 42.6 Å². The van der Waals surface area contributed by atoms with Crippen LogP contribution in [-0.2, 0) is 21.1 Å².